The van der Waals surface area contributed by atoms with Crippen molar-refractivity contribution in [2.45, 2.75) is 13.5 Å². The van der Waals surface area contributed by atoms with E-state index >= 15 is 0 Å². The number of rotatable bonds is 5. The molecule has 134 valence electrons. The monoisotopic (exact) mass is 415 g/mol. The Kier molecular flexibility index (Phi) is 5.37. The van der Waals surface area contributed by atoms with Crippen molar-refractivity contribution in [1.29, 1.82) is 0 Å². The van der Waals surface area contributed by atoms with Crippen LogP contribution in [-0.4, -0.2) is 35.1 Å². The summed E-state index contributed by atoms with van der Waals surface area (Å²) in [6, 6.07) is 13.0. The van der Waals surface area contributed by atoms with E-state index in [9.17, 15) is 4.79 Å². The summed E-state index contributed by atoms with van der Waals surface area (Å²) in [4.78, 5) is 18.5. The van der Waals surface area contributed by atoms with Gasteiger partial charge in [0.2, 0.25) is 11.7 Å². The molecule has 0 aliphatic rings. The maximum absolute atomic E-state index is 12.6. The fourth-order valence-corrected chi connectivity index (χ4v) is 2.97. The number of methoxy groups -OCH3 is 1. The van der Waals surface area contributed by atoms with Crippen LogP contribution in [0, 0.1) is 6.92 Å². The summed E-state index contributed by atoms with van der Waals surface area (Å²) in [5.41, 5.74) is 2.33. The zero-order chi connectivity index (χ0) is 18.7. The molecular weight excluding hydrogens is 398 g/mol. The van der Waals surface area contributed by atoms with Crippen molar-refractivity contribution in [2.75, 3.05) is 14.2 Å². The Morgan fingerprint density at radius 2 is 2.08 bits per heavy atom. The molecule has 2 aromatic carbocycles. The molecular formula is C19H18BrN3O3. The third-order valence-electron chi connectivity index (χ3n) is 3.91. The Morgan fingerprint density at radius 1 is 1.27 bits per heavy atom. The van der Waals surface area contributed by atoms with E-state index in [2.05, 4.69) is 26.1 Å². The van der Waals surface area contributed by atoms with Crippen molar-refractivity contribution in [3.63, 3.8) is 0 Å². The Hall–Kier alpha value is -2.67. The van der Waals surface area contributed by atoms with Crippen molar-refractivity contribution in [2.24, 2.45) is 0 Å². The van der Waals surface area contributed by atoms with Gasteiger partial charge in [0.25, 0.3) is 5.91 Å². The lowest BCUT2D eigenvalue weighted by Gasteiger charge is -2.15. The summed E-state index contributed by atoms with van der Waals surface area (Å²) in [5.74, 6) is 1.49. The van der Waals surface area contributed by atoms with Gasteiger partial charge in [-0.05, 0) is 42.8 Å². The molecule has 1 heterocycles. The number of aromatic nitrogens is 2. The summed E-state index contributed by atoms with van der Waals surface area (Å²) in [6.07, 6.45) is 0. The van der Waals surface area contributed by atoms with Crippen LogP contribution >= 0.6 is 15.9 Å². The number of hydrogen-bond acceptors (Lipinski definition) is 5. The standard InChI is InChI=1S/C19H18BrN3O3/c1-12-9-14(7-8-16(12)25-3)19(24)23(2)11-17-21-18(22-26-17)13-5-4-6-15(20)10-13/h4-10H,11H2,1-3H3. The minimum atomic E-state index is -0.127. The number of amides is 1. The Labute approximate surface area is 159 Å². The summed E-state index contributed by atoms with van der Waals surface area (Å²) < 4.78 is 11.4. The SMILES string of the molecule is COc1ccc(C(=O)N(C)Cc2nc(-c3cccc(Br)c3)no2)cc1C. The molecule has 3 aromatic rings. The summed E-state index contributed by atoms with van der Waals surface area (Å²) in [5, 5.41) is 3.99. The fourth-order valence-electron chi connectivity index (χ4n) is 2.57. The Balaban J connectivity index is 1.73. The number of carbonyl (C=O) groups excluding carboxylic acids is 1. The van der Waals surface area contributed by atoms with E-state index in [1.807, 2.05) is 31.2 Å². The molecule has 1 aromatic heterocycles. The second-order valence-electron chi connectivity index (χ2n) is 5.87. The van der Waals surface area contributed by atoms with Gasteiger partial charge in [0.1, 0.15) is 5.75 Å². The van der Waals surface area contributed by atoms with E-state index in [1.165, 1.54) is 0 Å². The lowest BCUT2D eigenvalue weighted by atomic mass is 10.1. The first-order valence-electron chi connectivity index (χ1n) is 7.96. The fraction of sp³-hybridized carbons (Fsp3) is 0.211. The van der Waals surface area contributed by atoms with Crippen LogP contribution in [0.1, 0.15) is 21.8 Å². The number of halogens is 1. The molecule has 1 amide bonds. The van der Waals surface area contributed by atoms with Crippen LogP contribution in [0.3, 0.4) is 0 Å². The predicted molar refractivity (Wildman–Crippen MR) is 101 cm³/mol. The van der Waals surface area contributed by atoms with Crippen molar-refractivity contribution in [3.8, 4) is 17.1 Å². The molecule has 26 heavy (non-hydrogen) atoms. The summed E-state index contributed by atoms with van der Waals surface area (Å²) >= 11 is 3.42. The molecule has 0 fully saturated rings. The highest BCUT2D eigenvalue weighted by molar-refractivity contribution is 9.10. The van der Waals surface area contributed by atoms with Gasteiger partial charge in [0, 0.05) is 22.6 Å². The molecule has 0 N–H and O–H groups in total. The number of hydrogen-bond donors (Lipinski definition) is 0. The second-order valence-corrected chi connectivity index (χ2v) is 6.78. The van der Waals surface area contributed by atoms with Crippen LogP contribution in [0.5, 0.6) is 5.75 Å². The number of aryl methyl sites for hydroxylation is 1. The van der Waals surface area contributed by atoms with E-state index in [1.54, 1.807) is 37.3 Å². The molecule has 3 rings (SSSR count). The highest BCUT2D eigenvalue weighted by Gasteiger charge is 2.17. The lowest BCUT2D eigenvalue weighted by molar-refractivity contribution is 0.0769. The van der Waals surface area contributed by atoms with Gasteiger partial charge >= 0.3 is 0 Å². The molecule has 0 unspecified atom stereocenters. The van der Waals surface area contributed by atoms with Crippen LogP contribution in [0.2, 0.25) is 0 Å². The van der Waals surface area contributed by atoms with E-state index in [-0.39, 0.29) is 12.5 Å². The van der Waals surface area contributed by atoms with Gasteiger partial charge < -0.3 is 14.2 Å². The van der Waals surface area contributed by atoms with Crippen molar-refractivity contribution >= 4 is 21.8 Å². The Bertz CT molecular complexity index is 939. The first-order valence-corrected chi connectivity index (χ1v) is 8.76. The van der Waals surface area contributed by atoms with Gasteiger partial charge in [-0.2, -0.15) is 4.98 Å². The van der Waals surface area contributed by atoms with Crippen LogP contribution < -0.4 is 4.74 Å². The topological polar surface area (TPSA) is 68.5 Å². The molecule has 0 spiro atoms. The molecule has 0 bridgehead atoms. The van der Waals surface area contributed by atoms with Gasteiger partial charge in [-0.25, -0.2) is 0 Å². The van der Waals surface area contributed by atoms with Crippen molar-refractivity contribution in [3.05, 3.63) is 64.0 Å². The van der Waals surface area contributed by atoms with Gasteiger partial charge in [0.15, 0.2) is 0 Å². The van der Waals surface area contributed by atoms with Crippen LogP contribution in [-0.2, 0) is 6.54 Å². The highest BCUT2D eigenvalue weighted by atomic mass is 79.9. The smallest absolute Gasteiger partial charge is 0.254 e. The van der Waals surface area contributed by atoms with Gasteiger partial charge in [-0.1, -0.05) is 33.2 Å². The molecule has 0 aliphatic heterocycles. The number of carbonyl (C=O) groups is 1. The van der Waals surface area contributed by atoms with Crippen LogP contribution in [0.25, 0.3) is 11.4 Å². The van der Waals surface area contributed by atoms with Crippen molar-refractivity contribution < 1.29 is 14.1 Å². The Morgan fingerprint density at radius 3 is 2.77 bits per heavy atom. The third-order valence-corrected chi connectivity index (χ3v) is 4.41. The maximum Gasteiger partial charge on any atom is 0.254 e. The minimum absolute atomic E-state index is 0.127. The largest absolute Gasteiger partial charge is 0.496 e. The average molecular weight is 416 g/mol. The second kappa shape index (κ2) is 7.70. The maximum atomic E-state index is 12.6. The number of benzene rings is 2. The summed E-state index contributed by atoms with van der Waals surface area (Å²) in [6.45, 7) is 2.13. The zero-order valence-electron chi connectivity index (χ0n) is 14.7. The predicted octanol–water partition coefficient (Wildman–Crippen LogP) is 4.09. The highest BCUT2D eigenvalue weighted by Crippen LogP contribution is 2.22. The minimum Gasteiger partial charge on any atom is -0.496 e. The first kappa shape index (κ1) is 18.1. The van der Waals surface area contributed by atoms with Crippen molar-refractivity contribution in [1.82, 2.24) is 15.0 Å². The molecule has 0 saturated heterocycles. The van der Waals surface area contributed by atoms with E-state index in [4.69, 9.17) is 9.26 Å². The summed E-state index contributed by atoms with van der Waals surface area (Å²) in [7, 11) is 3.30. The van der Waals surface area contributed by atoms with E-state index in [0.29, 0.717) is 17.3 Å². The number of ether oxygens (including phenoxy) is 1. The third kappa shape index (κ3) is 3.94. The molecule has 6 nitrogen and oxygen atoms in total. The molecule has 7 heteroatoms. The van der Waals surface area contributed by atoms with Gasteiger partial charge in [0.05, 0.1) is 13.7 Å². The first-order chi connectivity index (χ1) is 12.5. The quantitative estimate of drug-likeness (QED) is 0.627. The molecule has 0 radical (unpaired) electrons. The lowest BCUT2D eigenvalue weighted by Crippen LogP contribution is -2.26. The molecule has 0 aliphatic carbocycles. The van der Waals surface area contributed by atoms with E-state index in [0.717, 1.165) is 21.3 Å². The average Bonchev–Trinajstić information content (AvgIpc) is 3.09. The normalized spacial score (nSPS) is 10.6. The van der Waals surface area contributed by atoms with Crippen LogP contribution in [0.15, 0.2) is 51.5 Å². The van der Waals surface area contributed by atoms with Gasteiger partial charge in [-0.15, -0.1) is 0 Å². The van der Waals surface area contributed by atoms with E-state index < -0.39 is 0 Å². The molecule has 0 saturated carbocycles. The number of nitrogens with zero attached hydrogens (tertiary/aromatic N) is 3. The molecule has 0 atom stereocenters. The zero-order valence-corrected chi connectivity index (χ0v) is 16.3. The van der Waals surface area contributed by atoms with Crippen LogP contribution in [0.4, 0.5) is 0 Å². The van der Waals surface area contributed by atoms with Gasteiger partial charge in [-0.3, -0.25) is 4.79 Å².